The van der Waals surface area contributed by atoms with Gasteiger partial charge in [0, 0.05) is 13.0 Å². The number of nitrogens with one attached hydrogen (secondary N) is 1. The lowest BCUT2D eigenvalue weighted by atomic mass is 10.1. The molecule has 1 unspecified atom stereocenters. The summed E-state index contributed by atoms with van der Waals surface area (Å²) in [5, 5.41) is 11.4. The Morgan fingerprint density at radius 1 is 1.47 bits per heavy atom. The first-order valence-electron chi connectivity index (χ1n) is 6.01. The number of carboxylic acids is 1. The SMILES string of the molecule is CC(C)(C)OCCC(NC(=O)c1ccco1)C(=O)O. The molecule has 1 atom stereocenters. The molecule has 0 aliphatic carbocycles. The third-order valence-electron chi connectivity index (χ3n) is 2.29. The average Bonchev–Trinajstić information content (AvgIpc) is 2.78. The molecular weight excluding hydrogens is 250 g/mol. The first-order valence-corrected chi connectivity index (χ1v) is 6.01. The highest BCUT2D eigenvalue weighted by Gasteiger charge is 2.22. The van der Waals surface area contributed by atoms with E-state index in [1.807, 2.05) is 20.8 Å². The maximum atomic E-state index is 11.7. The van der Waals surface area contributed by atoms with Crippen LogP contribution in [0.1, 0.15) is 37.7 Å². The third kappa shape index (κ3) is 5.56. The summed E-state index contributed by atoms with van der Waals surface area (Å²) in [4.78, 5) is 22.7. The molecule has 0 saturated heterocycles. The van der Waals surface area contributed by atoms with Crippen LogP contribution in [0.2, 0.25) is 0 Å². The minimum absolute atomic E-state index is 0.0861. The highest BCUT2D eigenvalue weighted by atomic mass is 16.5. The van der Waals surface area contributed by atoms with Crippen molar-refractivity contribution < 1.29 is 23.8 Å². The minimum Gasteiger partial charge on any atom is -0.480 e. The molecule has 0 bridgehead atoms. The molecule has 0 fully saturated rings. The van der Waals surface area contributed by atoms with E-state index in [0.29, 0.717) is 0 Å². The summed E-state index contributed by atoms with van der Waals surface area (Å²) < 4.78 is 10.3. The number of hydrogen-bond acceptors (Lipinski definition) is 4. The van der Waals surface area contributed by atoms with Gasteiger partial charge in [0.25, 0.3) is 5.91 Å². The molecule has 6 heteroatoms. The van der Waals surface area contributed by atoms with Crippen molar-refractivity contribution in [1.29, 1.82) is 0 Å². The monoisotopic (exact) mass is 269 g/mol. The van der Waals surface area contributed by atoms with Gasteiger partial charge in [-0.3, -0.25) is 4.79 Å². The van der Waals surface area contributed by atoms with E-state index in [1.165, 1.54) is 12.3 Å². The van der Waals surface area contributed by atoms with Crippen LogP contribution in [0.25, 0.3) is 0 Å². The van der Waals surface area contributed by atoms with E-state index >= 15 is 0 Å². The van der Waals surface area contributed by atoms with Gasteiger partial charge in [0.2, 0.25) is 0 Å². The molecule has 0 saturated carbocycles. The number of ether oxygens (including phenoxy) is 1. The van der Waals surface area contributed by atoms with Gasteiger partial charge >= 0.3 is 5.97 Å². The molecule has 1 aromatic heterocycles. The summed E-state index contributed by atoms with van der Waals surface area (Å²) in [5.41, 5.74) is -0.339. The number of rotatable bonds is 6. The average molecular weight is 269 g/mol. The molecule has 6 nitrogen and oxygen atoms in total. The molecule has 19 heavy (non-hydrogen) atoms. The van der Waals surface area contributed by atoms with Crippen molar-refractivity contribution in [3.05, 3.63) is 24.2 Å². The second kappa shape index (κ2) is 6.38. The van der Waals surface area contributed by atoms with E-state index in [1.54, 1.807) is 6.07 Å². The van der Waals surface area contributed by atoms with Crippen LogP contribution < -0.4 is 5.32 Å². The van der Waals surface area contributed by atoms with E-state index in [9.17, 15) is 9.59 Å². The third-order valence-corrected chi connectivity index (χ3v) is 2.29. The molecule has 0 aliphatic heterocycles. The highest BCUT2D eigenvalue weighted by molar-refractivity contribution is 5.94. The first kappa shape index (κ1) is 15.2. The van der Waals surface area contributed by atoms with Crippen molar-refractivity contribution in [1.82, 2.24) is 5.32 Å². The van der Waals surface area contributed by atoms with Crippen molar-refractivity contribution in [3.63, 3.8) is 0 Å². The quantitative estimate of drug-likeness (QED) is 0.820. The standard InChI is InChI=1S/C13H19NO5/c1-13(2,3)19-8-6-9(12(16)17)14-11(15)10-5-4-7-18-10/h4-5,7,9H,6,8H2,1-3H3,(H,14,15)(H,16,17). The lowest BCUT2D eigenvalue weighted by Crippen LogP contribution is -2.41. The normalized spacial score (nSPS) is 13.0. The number of carbonyl (C=O) groups is 2. The van der Waals surface area contributed by atoms with Crippen molar-refractivity contribution in [2.45, 2.75) is 38.8 Å². The smallest absolute Gasteiger partial charge is 0.326 e. The fourth-order valence-corrected chi connectivity index (χ4v) is 1.38. The summed E-state index contributed by atoms with van der Waals surface area (Å²) in [6.07, 6.45) is 1.55. The minimum atomic E-state index is -1.10. The van der Waals surface area contributed by atoms with Gasteiger partial charge < -0.3 is 19.6 Å². The molecule has 1 heterocycles. The lowest BCUT2D eigenvalue weighted by Gasteiger charge is -2.21. The number of furan rings is 1. The molecule has 1 amide bonds. The Hall–Kier alpha value is -1.82. The fraction of sp³-hybridized carbons (Fsp3) is 0.538. The van der Waals surface area contributed by atoms with Crippen LogP contribution >= 0.6 is 0 Å². The Morgan fingerprint density at radius 2 is 2.16 bits per heavy atom. The van der Waals surface area contributed by atoms with Gasteiger partial charge in [-0.05, 0) is 32.9 Å². The molecule has 1 rings (SSSR count). The van der Waals surface area contributed by atoms with Crippen LogP contribution in [0.15, 0.2) is 22.8 Å². The van der Waals surface area contributed by atoms with Crippen LogP contribution in [-0.2, 0) is 9.53 Å². The summed E-state index contributed by atoms with van der Waals surface area (Å²) in [6, 6.07) is 2.03. The van der Waals surface area contributed by atoms with Crippen LogP contribution in [0.5, 0.6) is 0 Å². The number of carboxylic acid groups (broad SMARTS) is 1. The number of carbonyl (C=O) groups excluding carboxylic acids is 1. The van der Waals surface area contributed by atoms with Crippen molar-refractivity contribution in [2.75, 3.05) is 6.61 Å². The summed E-state index contributed by atoms with van der Waals surface area (Å²) >= 11 is 0. The molecule has 0 radical (unpaired) electrons. The molecule has 2 N–H and O–H groups in total. The van der Waals surface area contributed by atoms with Gasteiger partial charge in [-0.2, -0.15) is 0 Å². The maximum absolute atomic E-state index is 11.7. The molecule has 0 spiro atoms. The second-order valence-electron chi connectivity index (χ2n) is 5.09. The molecule has 106 valence electrons. The fourth-order valence-electron chi connectivity index (χ4n) is 1.38. The predicted molar refractivity (Wildman–Crippen MR) is 67.9 cm³/mol. The first-order chi connectivity index (χ1) is 8.79. The highest BCUT2D eigenvalue weighted by Crippen LogP contribution is 2.08. The van der Waals surface area contributed by atoms with Crippen molar-refractivity contribution in [3.8, 4) is 0 Å². The second-order valence-corrected chi connectivity index (χ2v) is 5.09. The van der Waals surface area contributed by atoms with Gasteiger partial charge in [0.1, 0.15) is 6.04 Å². The van der Waals surface area contributed by atoms with Crippen LogP contribution in [0, 0.1) is 0 Å². The Kier molecular flexibility index (Phi) is 5.11. The van der Waals surface area contributed by atoms with E-state index in [4.69, 9.17) is 14.3 Å². The van der Waals surface area contributed by atoms with E-state index in [-0.39, 0.29) is 24.4 Å². The Balaban J connectivity index is 2.49. The van der Waals surface area contributed by atoms with E-state index < -0.39 is 17.9 Å². The zero-order valence-corrected chi connectivity index (χ0v) is 11.3. The Morgan fingerprint density at radius 3 is 2.63 bits per heavy atom. The number of hydrogen-bond donors (Lipinski definition) is 2. The van der Waals surface area contributed by atoms with E-state index in [0.717, 1.165) is 0 Å². The van der Waals surface area contributed by atoms with Crippen LogP contribution in [0.3, 0.4) is 0 Å². The van der Waals surface area contributed by atoms with Crippen molar-refractivity contribution >= 4 is 11.9 Å². The lowest BCUT2D eigenvalue weighted by molar-refractivity contribution is -0.140. The predicted octanol–water partition coefficient (Wildman–Crippen LogP) is 1.67. The molecular formula is C13H19NO5. The zero-order valence-electron chi connectivity index (χ0n) is 11.3. The van der Waals surface area contributed by atoms with Gasteiger partial charge in [0.15, 0.2) is 5.76 Å². The molecule has 1 aromatic rings. The maximum Gasteiger partial charge on any atom is 0.326 e. The van der Waals surface area contributed by atoms with Crippen LogP contribution in [0.4, 0.5) is 0 Å². The van der Waals surface area contributed by atoms with Crippen LogP contribution in [-0.4, -0.2) is 35.2 Å². The summed E-state index contributed by atoms with van der Waals surface area (Å²) in [6.45, 7) is 5.89. The zero-order chi connectivity index (χ0) is 14.5. The summed E-state index contributed by atoms with van der Waals surface area (Å²) in [5.74, 6) is -1.56. The Bertz CT molecular complexity index is 419. The van der Waals surface area contributed by atoms with Gasteiger partial charge in [-0.1, -0.05) is 0 Å². The number of amides is 1. The number of aliphatic carboxylic acids is 1. The Labute approximate surface area is 111 Å². The largest absolute Gasteiger partial charge is 0.480 e. The topological polar surface area (TPSA) is 88.8 Å². The van der Waals surface area contributed by atoms with Crippen molar-refractivity contribution in [2.24, 2.45) is 0 Å². The molecule has 0 aromatic carbocycles. The summed E-state index contributed by atoms with van der Waals surface area (Å²) in [7, 11) is 0. The van der Waals surface area contributed by atoms with Gasteiger partial charge in [-0.15, -0.1) is 0 Å². The molecule has 0 aliphatic rings. The van der Waals surface area contributed by atoms with E-state index in [2.05, 4.69) is 5.32 Å². The van der Waals surface area contributed by atoms with Gasteiger partial charge in [0.05, 0.1) is 11.9 Å². The van der Waals surface area contributed by atoms with Gasteiger partial charge in [-0.25, -0.2) is 4.79 Å².